The van der Waals surface area contributed by atoms with Crippen LogP contribution in [0.15, 0.2) is 22.7 Å². The van der Waals surface area contributed by atoms with Gasteiger partial charge in [0.25, 0.3) is 0 Å². The first kappa shape index (κ1) is 15.3. The van der Waals surface area contributed by atoms with Gasteiger partial charge in [-0.15, -0.1) is 0 Å². The SMILES string of the molecule is CC1(C)CN(C(CN)c2ccc(Br)cc2F)CCS1. The highest BCUT2D eigenvalue weighted by molar-refractivity contribution is 9.10. The van der Waals surface area contributed by atoms with E-state index in [2.05, 4.69) is 34.7 Å². The predicted octanol–water partition coefficient (Wildman–Crippen LogP) is 3.42. The second-order valence-electron chi connectivity index (χ2n) is 5.50. The van der Waals surface area contributed by atoms with Crippen LogP contribution < -0.4 is 5.73 Å². The molecule has 2 N–H and O–H groups in total. The van der Waals surface area contributed by atoms with Gasteiger partial charge >= 0.3 is 0 Å². The van der Waals surface area contributed by atoms with E-state index in [9.17, 15) is 4.39 Å². The lowest BCUT2D eigenvalue weighted by Gasteiger charge is -2.41. The molecule has 0 bridgehead atoms. The smallest absolute Gasteiger partial charge is 0.129 e. The number of rotatable bonds is 3. The minimum atomic E-state index is -0.180. The Labute approximate surface area is 127 Å². The lowest BCUT2D eigenvalue weighted by Crippen LogP contribution is -2.46. The third-order valence-corrected chi connectivity index (χ3v) is 5.23. The van der Waals surface area contributed by atoms with E-state index in [-0.39, 0.29) is 16.6 Å². The topological polar surface area (TPSA) is 29.3 Å². The van der Waals surface area contributed by atoms with Crippen LogP contribution in [0.5, 0.6) is 0 Å². The van der Waals surface area contributed by atoms with Crippen molar-refractivity contribution in [2.45, 2.75) is 24.6 Å². The van der Waals surface area contributed by atoms with Crippen molar-refractivity contribution in [1.29, 1.82) is 0 Å². The predicted molar refractivity (Wildman–Crippen MR) is 84.0 cm³/mol. The first-order valence-electron chi connectivity index (χ1n) is 6.46. The second-order valence-corrected chi connectivity index (χ2v) is 8.21. The van der Waals surface area contributed by atoms with Gasteiger partial charge in [0, 0.05) is 46.2 Å². The average molecular weight is 347 g/mol. The van der Waals surface area contributed by atoms with Crippen LogP contribution in [-0.4, -0.2) is 35.0 Å². The van der Waals surface area contributed by atoms with Crippen LogP contribution in [-0.2, 0) is 0 Å². The zero-order valence-corrected chi connectivity index (χ0v) is 13.7. The fourth-order valence-electron chi connectivity index (χ4n) is 2.56. The van der Waals surface area contributed by atoms with Crippen LogP contribution in [0.1, 0.15) is 25.5 Å². The lowest BCUT2D eigenvalue weighted by atomic mass is 10.0. The summed E-state index contributed by atoms with van der Waals surface area (Å²) in [5, 5.41) is 0. The van der Waals surface area contributed by atoms with E-state index in [1.807, 2.05) is 23.9 Å². The highest BCUT2D eigenvalue weighted by Gasteiger charge is 2.32. The molecule has 19 heavy (non-hydrogen) atoms. The van der Waals surface area contributed by atoms with Gasteiger partial charge in [-0.2, -0.15) is 11.8 Å². The first-order valence-corrected chi connectivity index (χ1v) is 8.24. The molecular weight excluding hydrogens is 327 g/mol. The molecular formula is C14H20BrFN2S. The highest BCUT2D eigenvalue weighted by atomic mass is 79.9. The van der Waals surface area contributed by atoms with Crippen LogP contribution in [0.3, 0.4) is 0 Å². The Morgan fingerprint density at radius 3 is 2.84 bits per heavy atom. The highest BCUT2D eigenvalue weighted by Crippen LogP contribution is 2.34. The number of hydrogen-bond acceptors (Lipinski definition) is 3. The Balaban J connectivity index is 2.24. The van der Waals surface area contributed by atoms with Crippen LogP contribution in [0.2, 0.25) is 0 Å². The molecule has 1 aromatic rings. The minimum Gasteiger partial charge on any atom is -0.329 e. The first-order chi connectivity index (χ1) is 8.93. The monoisotopic (exact) mass is 346 g/mol. The number of nitrogens with zero attached hydrogens (tertiary/aromatic N) is 1. The molecule has 5 heteroatoms. The third kappa shape index (κ3) is 3.72. The fourth-order valence-corrected chi connectivity index (χ4v) is 4.03. The van der Waals surface area contributed by atoms with Crippen molar-refractivity contribution in [2.75, 3.05) is 25.4 Å². The zero-order chi connectivity index (χ0) is 14.0. The normalized spacial score (nSPS) is 21.3. The molecule has 1 aromatic carbocycles. The summed E-state index contributed by atoms with van der Waals surface area (Å²) in [6.07, 6.45) is 0. The third-order valence-electron chi connectivity index (χ3n) is 3.44. The molecule has 0 aromatic heterocycles. The van der Waals surface area contributed by atoms with Gasteiger partial charge in [0.1, 0.15) is 5.82 Å². The molecule has 0 spiro atoms. The number of halogens is 2. The maximum Gasteiger partial charge on any atom is 0.129 e. The van der Waals surface area contributed by atoms with Gasteiger partial charge in [-0.05, 0) is 26.0 Å². The summed E-state index contributed by atoms with van der Waals surface area (Å²) in [6.45, 7) is 6.81. The molecule has 0 aliphatic carbocycles. The molecule has 1 fully saturated rings. The van der Waals surface area contributed by atoms with Crippen LogP contribution in [0.4, 0.5) is 4.39 Å². The van der Waals surface area contributed by atoms with E-state index in [0.717, 1.165) is 23.3 Å². The average Bonchev–Trinajstić information content (AvgIpc) is 2.31. The zero-order valence-electron chi connectivity index (χ0n) is 11.3. The van der Waals surface area contributed by atoms with Crippen LogP contribution >= 0.6 is 27.7 Å². The summed E-state index contributed by atoms with van der Waals surface area (Å²) in [6, 6.07) is 5.20. The van der Waals surface area contributed by atoms with Gasteiger partial charge < -0.3 is 5.73 Å². The van der Waals surface area contributed by atoms with Crippen molar-refractivity contribution in [2.24, 2.45) is 5.73 Å². The lowest BCUT2D eigenvalue weighted by molar-refractivity contribution is 0.189. The van der Waals surface area contributed by atoms with E-state index in [1.165, 1.54) is 6.07 Å². The summed E-state index contributed by atoms with van der Waals surface area (Å²) in [4.78, 5) is 2.31. The van der Waals surface area contributed by atoms with Gasteiger partial charge in [0.15, 0.2) is 0 Å². The van der Waals surface area contributed by atoms with Crippen molar-refractivity contribution >= 4 is 27.7 Å². The second kappa shape index (κ2) is 6.12. The molecule has 1 aliphatic rings. The summed E-state index contributed by atoms with van der Waals surface area (Å²) in [5.74, 6) is 0.891. The molecule has 0 radical (unpaired) electrons. The molecule has 1 saturated heterocycles. The van der Waals surface area contributed by atoms with Crippen molar-refractivity contribution in [1.82, 2.24) is 4.90 Å². The summed E-state index contributed by atoms with van der Waals surface area (Å²) in [5.41, 5.74) is 6.61. The van der Waals surface area contributed by atoms with E-state index >= 15 is 0 Å². The molecule has 1 atom stereocenters. The number of thioether (sulfide) groups is 1. The Kier molecular flexibility index (Phi) is 4.93. The summed E-state index contributed by atoms with van der Waals surface area (Å²) < 4.78 is 15.1. The quantitative estimate of drug-likeness (QED) is 0.909. The van der Waals surface area contributed by atoms with E-state index in [0.29, 0.717) is 12.1 Å². The Bertz CT molecular complexity index is 453. The molecule has 1 heterocycles. The van der Waals surface area contributed by atoms with Gasteiger partial charge in [-0.1, -0.05) is 22.0 Å². The van der Waals surface area contributed by atoms with Gasteiger partial charge in [0.2, 0.25) is 0 Å². The maximum absolute atomic E-state index is 14.1. The molecule has 1 aliphatic heterocycles. The van der Waals surface area contributed by atoms with Crippen molar-refractivity contribution in [3.8, 4) is 0 Å². The Morgan fingerprint density at radius 2 is 2.26 bits per heavy atom. The Morgan fingerprint density at radius 1 is 1.53 bits per heavy atom. The molecule has 1 unspecified atom stereocenters. The van der Waals surface area contributed by atoms with Crippen molar-refractivity contribution in [3.05, 3.63) is 34.1 Å². The number of benzene rings is 1. The molecule has 106 valence electrons. The van der Waals surface area contributed by atoms with E-state index in [1.54, 1.807) is 0 Å². The Hall–Kier alpha value is -0.100. The van der Waals surface area contributed by atoms with E-state index < -0.39 is 0 Å². The summed E-state index contributed by atoms with van der Waals surface area (Å²) >= 11 is 5.26. The molecule has 2 nitrogen and oxygen atoms in total. The van der Waals surface area contributed by atoms with Gasteiger partial charge in [-0.25, -0.2) is 4.39 Å². The minimum absolute atomic E-state index is 0.0340. The van der Waals surface area contributed by atoms with Gasteiger partial charge in [-0.3, -0.25) is 4.90 Å². The van der Waals surface area contributed by atoms with Crippen molar-refractivity contribution in [3.63, 3.8) is 0 Å². The fraction of sp³-hybridized carbons (Fsp3) is 0.571. The van der Waals surface area contributed by atoms with Crippen LogP contribution in [0, 0.1) is 5.82 Å². The number of nitrogens with two attached hydrogens (primary N) is 1. The van der Waals surface area contributed by atoms with E-state index in [4.69, 9.17) is 5.73 Å². The molecule has 0 amide bonds. The molecule has 2 rings (SSSR count). The molecule has 0 saturated carbocycles. The van der Waals surface area contributed by atoms with Crippen LogP contribution in [0.25, 0.3) is 0 Å². The maximum atomic E-state index is 14.1. The number of hydrogen-bond donors (Lipinski definition) is 1. The standard InChI is InChI=1S/C14H20BrFN2S/c1-14(2)9-18(5-6-19-14)13(8-17)11-4-3-10(15)7-12(11)16/h3-4,7,13H,5-6,8-9,17H2,1-2H3. The van der Waals surface area contributed by atoms with Crippen molar-refractivity contribution < 1.29 is 4.39 Å². The van der Waals surface area contributed by atoms with Gasteiger partial charge in [0.05, 0.1) is 0 Å². The summed E-state index contributed by atoms with van der Waals surface area (Å²) in [7, 11) is 0. The largest absolute Gasteiger partial charge is 0.329 e.